The van der Waals surface area contributed by atoms with E-state index in [9.17, 15) is 14.5 Å². The molecule has 0 saturated carbocycles. The molecule has 2 aromatic carbocycles. The highest BCUT2D eigenvalue weighted by atomic mass is 35.5. The second-order valence-electron chi connectivity index (χ2n) is 7.27. The third kappa shape index (κ3) is 5.33. The van der Waals surface area contributed by atoms with Gasteiger partial charge in [0.05, 0.1) is 12.2 Å². The normalized spacial score (nSPS) is 13.6. The molecule has 0 radical (unpaired) electrons. The molecular formula is C22H20ClN7O4. The molecule has 1 aliphatic rings. The fourth-order valence-electron chi connectivity index (χ4n) is 3.19. The molecule has 0 saturated heterocycles. The van der Waals surface area contributed by atoms with Crippen molar-refractivity contribution >= 4 is 17.3 Å². The highest BCUT2D eigenvalue weighted by molar-refractivity contribution is 6.30. The molecule has 0 amide bonds. The summed E-state index contributed by atoms with van der Waals surface area (Å²) in [6.07, 6.45) is 3.54. The van der Waals surface area contributed by atoms with Gasteiger partial charge >= 0.3 is 11.4 Å². The van der Waals surface area contributed by atoms with E-state index in [4.69, 9.17) is 22.2 Å². The lowest BCUT2D eigenvalue weighted by Crippen LogP contribution is -2.53. The van der Waals surface area contributed by atoms with Gasteiger partial charge in [-0.05, 0) is 48.0 Å². The molecule has 0 aliphatic carbocycles. The number of nitrogens with one attached hydrogen (secondary N) is 2. The van der Waals surface area contributed by atoms with E-state index in [1.807, 2.05) is 6.08 Å². The van der Waals surface area contributed by atoms with Crippen LogP contribution in [0.4, 0.5) is 5.69 Å². The van der Waals surface area contributed by atoms with Crippen molar-refractivity contribution in [2.24, 2.45) is 10.2 Å². The summed E-state index contributed by atoms with van der Waals surface area (Å²) in [5, 5.41) is 6.46. The summed E-state index contributed by atoms with van der Waals surface area (Å²) in [5.74, 6) is 6.71. The molecule has 3 aromatic rings. The van der Waals surface area contributed by atoms with E-state index in [2.05, 4.69) is 20.5 Å². The first-order chi connectivity index (χ1) is 16.4. The highest BCUT2D eigenvalue weighted by Gasteiger charge is 2.09. The maximum Gasteiger partial charge on any atom is 0.354 e. The standard InChI is InChI=1S/C22H20ClN7O4/c23-15-3-1-14(2-4-15)13-29-20(28-21(31)30(24)22(29)32)27-16-5-7-18(8-6-16)34-19-9-10-25-17(11-19)12-26-33/h1-9,11,25H,10,12-13,24H2,(H,27,28,31). The third-order valence-electron chi connectivity index (χ3n) is 4.88. The molecule has 0 fully saturated rings. The van der Waals surface area contributed by atoms with Gasteiger partial charge in [-0.15, -0.1) is 0 Å². The average Bonchev–Trinajstić information content (AvgIpc) is 2.83. The molecule has 4 N–H and O–H groups in total. The van der Waals surface area contributed by atoms with Gasteiger partial charge in [0.1, 0.15) is 18.1 Å². The van der Waals surface area contributed by atoms with Gasteiger partial charge < -0.3 is 15.9 Å². The fraction of sp³-hybridized carbons (Fsp3) is 0.136. The molecule has 0 atom stereocenters. The van der Waals surface area contributed by atoms with Crippen LogP contribution in [0.15, 0.2) is 91.9 Å². The number of nitrogen functional groups attached to an aromatic ring is 1. The van der Waals surface area contributed by atoms with E-state index >= 15 is 0 Å². The summed E-state index contributed by atoms with van der Waals surface area (Å²) in [5.41, 5.74) is 0.441. The van der Waals surface area contributed by atoms with E-state index in [0.717, 1.165) is 5.56 Å². The maximum atomic E-state index is 12.7. The Hall–Kier alpha value is -4.38. The monoisotopic (exact) mass is 481 g/mol. The SMILES string of the molecule is Nn1c(=O)[nH]/c(=N\c2ccc(OC3=CCNC(CN=O)=C3)cc2)n(Cc2ccc(Cl)cc2)c1=O. The Labute approximate surface area is 197 Å². The lowest BCUT2D eigenvalue weighted by Gasteiger charge is -2.15. The number of aromatic amines is 1. The van der Waals surface area contributed by atoms with Crippen LogP contribution in [0, 0.1) is 4.91 Å². The van der Waals surface area contributed by atoms with E-state index < -0.39 is 11.4 Å². The number of dihydropyridines is 1. The summed E-state index contributed by atoms with van der Waals surface area (Å²) in [6.45, 7) is 0.683. The van der Waals surface area contributed by atoms with Crippen LogP contribution in [0.5, 0.6) is 5.75 Å². The van der Waals surface area contributed by atoms with Crippen molar-refractivity contribution < 1.29 is 4.74 Å². The predicted octanol–water partition coefficient (Wildman–Crippen LogP) is 1.50. The number of hydrogen-bond acceptors (Lipinski definition) is 8. The van der Waals surface area contributed by atoms with Crippen LogP contribution in [0.3, 0.4) is 0 Å². The van der Waals surface area contributed by atoms with Crippen molar-refractivity contribution in [2.75, 3.05) is 18.9 Å². The van der Waals surface area contributed by atoms with Crippen molar-refractivity contribution in [3.05, 3.63) is 114 Å². The van der Waals surface area contributed by atoms with Gasteiger partial charge in [-0.2, -0.15) is 9.58 Å². The second-order valence-corrected chi connectivity index (χ2v) is 7.71. The number of aromatic nitrogens is 3. The van der Waals surface area contributed by atoms with Crippen molar-refractivity contribution in [3.63, 3.8) is 0 Å². The fourth-order valence-corrected chi connectivity index (χ4v) is 3.31. The molecule has 0 unspecified atom stereocenters. The Morgan fingerprint density at radius 1 is 1.09 bits per heavy atom. The zero-order valence-electron chi connectivity index (χ0n) is 17.8. The van der Waals surface area contributed by atoms with Crippen LogP contribution < -0.4 is 32.9 Å². The summed E-state index contributed by atoms with van der Waals surface area (Å²) in [4.78, 5) is 42.1. The third-order valence-corrected chi connectivity index (χ3v) is 5.13. The molecule has 34 heavy (non-hydrogen) atoms. The first-order valence-electron chi connectivity index (χ1n) is 10.1. The number of ether oxygens (including phenoxy) is 1. The van der Waals surface area contributed by atoms with E-state index in [0.29, 0.717) is 39.1 Å². The van der Waals surface area contributed by atoms with Gasteiger partial charge in [0, 0.05) is 23.3 Å². The number of H-pyrrole nitrogens is 1. The summed E-state index contributed by atoms with van der Waals surface area (Å²) < 4.78 is 7.56. The Morgan fingerprint density at radius 3 is 2.53 bits per heavy atom. The molecule has 1 aliphatic heterocycles. The minimum atomic E-state index is -0.790. The minimum Gasteiger partial charge on any atom is -0.458 e. The molecule has 12 heteroatoms. The smallest absolute Gasteiger partial charge is 0.354 e. The predicted molar refractivity (Wildman–Crippen MR) is 127 cm³/mol. The molecule has 0 bridgehead atoms. The van der Waals surface area contributed by atoms with Crippen molar-refractivity contribution in [1.29, 1.82) is 0 Å². The molecule has 0 spiro atoms. The van der Waals surface area contributed by atoms with Gasteiger partial charge in [0.15, 0.2) is 0 Å². The van der Waals surface area contributed by atoms with Crippen molar-refractivity contribution in [1.82, 2.24) is 19.5 Å². The zero-order chi connectivity index (χ0) is 24.1. The van der Waals surface area contributed by atoms with Gasteiger partial charge in [-0.25, -0.2) is 14.6 Å². The average molecular weight is 482 g/mol. The van der Waals surface area contributed by atoms with Crippen molar-refractivity contribution in [3.8, 4) is 5.75 Å². The minimum absolute atomic E-state index is 0.0360. The van der Waals surface area contributed by atoms with Crippen LogP contribution >= 0.6 is 11.6 Å². The number of allylic oxidation sites excluding steroid dienone is 1. The lowest BCUT2D eigenvalue weighted by molar-refractivity contribution is 0.437. The molecule has 11 nitrogen and oxygen atoms in total. The largest absolute Gasteiger partial charge is 0.458 e. The summed E-state index contributed by atoms with van der Waals surface area (Å²) >= 11 is 5.93. The van der Waals surface area contributed by atoms with E-state index in [1.54, 1.807) is 54.6 Å². The second kappa shape index (κ2) is 10.0. The van der Waals surface area contributed by atoms with Gasteiger partial charge in [0.25, 0.3) is 0 Å². The van der Waals surface area contributed by atoms with Crippen molar-refractivity contribution in [2.45, 2.75) is 6.54 Å². The van der Waals surface area contributed by atoms with Crippen LogP contribution in [-0.2, 0) is 6.54 Å². The highest BCUT2D eigenvalue weighted by Crippen LogP contribution is 2.21. The summed E-state index contributed by atoms with van der Waals surface area (Å²) in [6, 6.07) is 13.7. The Morgan fingerprint density at radius 2 is 1.82 bits per heavy atom. The Bertz CT molecular complexity index is 1450. The van der Waals surface area contributed by atoms with Gasteiger partial charge in [0.2, 0.25) is 5.62 Å². The van der Waals surface area contributed by atoms with Crippen LogP contribution in [0.25, 0.3) is 0 Å². The molecule has 1 aromatic heterocycles. The number of nitroso groups, excluding NO2 is 1. The Balaban J connectivity index is 1.63. The number of rotatable bonds is 7. The van der Waals surface area contributed by atoms with Crippen LogP contribution in [0.1, 0.15) is 5.56 Å². The Kier molecular flexibility index (Phi) is 6.74. The lowest BCUT2D eigenvalue weighted by atomic mass is 10.2. The summed E-state index contributed by atoms with van der Waals surface area (Å²) in [7, 11) is 0. The number of hydrogen-bond donors (Lipinski definition) is 3. The molecular weight excluding hydrogens is 462 g/mol. The van der Waals surface area contributed by atoms with Crippen LogP contribution in [-0.4, -0.2) is 27.3 Å². The zero-order valence-corrected chi connectivity index (χ0v) is 18.5. The first kappa shape index (κ1) is 22.8. The van der Waals surface area contributed by atoms with E-state index in [1.165, 1.54) is 4.57 Å². The number of halogens is 1. The van der Waals surface area contributed by atoms with Gasteiger partial charge in [-0.3, -0.25) is 9.55 Å². The number of nitrogens with two attached hydrogens (primary N) is 1. The number of benzene rings is 2. The number of nitrogens with zero attached hydrogens (tertiary/aromatic N) is 4. The van der Waals surface area contributed by atoms with Crippen LogP contribution in [0.2, 0.25) is 5.02 Å². The van der Waals surface area contributed by atoms with E-state index in [-0.39, 0.29) is 18.7 Å². The molecule has 2 heterocycles. The molecule has 4 rings (SSSR count). The van der Waals surface area contributed by atoms with Gasteiger partial charge in [-0.1, -0.05) is 28.9 Å². The quantitative estimate of drug-likeness (QED) is 0.344. The maximum absolute atomic E-state index is 12.7. The topological polar surface area (TPSA) is 149 Å². The first-order valence-corrected chi connectivity index (χ1v) is 10.5. The molecule has 174 valence electrons.